The van der Waals surface area contributed by atoms with Gasteiger partial charge in [0, 0.05) is 0 Å². The number of rotatable bonds is 4. The summed E-state index contributed by atoms with van der Waals surface area (Å²) in [5.41, 5.74) is 0. The molecule has 0 radical (unpaired) electrons. The van der Waals surface area contributed by atoms with Gasteiger partial charge in [-0.1, -0.05) is 20.3 Å². The number of esters is 1. The van der Waals surface area contributed by atoms with Crippen molar-refractivity contribution in [2.45, 2.75) is 33.1 Å². The summed E-state index contributed by atoms with van der Waals surface area (Å²) in [5.74, 6) is 2.05. The van der Waals surface area contributed by atoms with Crippen molar-refractivity contribution in [1.29, 1.82) is 0 Å². The lowest BCUT2D eigenvalue weighted by atomic mass is 9.76. The third kappa shape index (κ3) is 4.77. The van der Waals surface area contributed by atoms with Crippen molar-refractivity contribution in [1.82, 2.24) is 0 Å². The monoisotopic (exact) mass is 270 g/mol. The van der Waals surface area contributed by atoms with Gasteiger partial charge in [-0.15, -0.1) is 0 Å². The molecule has 0 spiro atoms. The van der Waals surface area contributed by atoms with E-state index in [4.69, 9.17) is 9.47 Å². The molecule has 3 atom stereocenters. The number of hydrogen-bond donors (Lipinski definition) is 1. The van der Waals surface area contributed by atoms with Gasteiger partial charge in [-0.2, -0.15) is 0 Å². The zero-order valence-corrected chi connectivity index (χ0v) is 12.3. The predicted octanol–water partition coefficient (Wildman–Crippen LogP) is 0.517. The highest BCUT2D eigenvalue weighted by Crippen LogP contribution is 2.33. The van der Waals surface area contributed by atoms with E-state index in [0.29, 0.717) is 25.0 Å². The Morgan fingerprint density at radius 2 is 2.00 bits per heavy atom. The highest BCUT2D eigenvalue weighted by atomic mass is 16.5. The van der Waals surface area contributed by atoms with Crippen molar-refractivity contribution in [2.24, 2.45) is 17.8 Å². The first-order valence-corrected chi connectivity index (χ1v) is 7.72. The molecule has 1 saturated heterocycles. The fourth-order valence-electron chi connectivity index (χ4n) is 3.27. The van der Waals surface area contributed by atoms with Crippen molar-refractivity contribution in [2.75, 3.05) is 39.5 Å². The van der Waals surface area contributed by atoms with Crippen LogP contribution in [0.5, 0.6) is 0 Å². The van der Waals surface area contributed by atoms with Gasteiger partial charge in [-0.05, 0) is 30.6 Å². The summed E-state index contributed by atoms with van der Waals surface area (Å²) in [6, 6.07) is 0. The number of hydrogen-bond acceptors (Lipinski definition) is 3. The fraction of sp³-hybridized carbons (Fsp3) is 0.933. The predicted molar refractivity (Wildman–Crippen MR) is 73.0 cm³/mol. The summed E-state index contributed by atoms with van der Waals surface area (Å²) in [7, 11) is 0. The minimum atomic E-state index is -0.0391. The minimum Gasteiger partial charge on any atom is -0.461 e. The van der Waals surface area contributed by atoms with E-state index >= 15 is 0 Å². The van der Waals surface area contributed by atoms with E-state index in [0.717, 1.165) is 32.2 Å². The minimum absolute atomic E-state index is 0.0391. The molecule has 1 N–H and O–H groups in total. The molecule has 0 bridgehead atoms. The van der Waals surface area contributed by atoms with Gasteiger partial charge in [-0.25, -0.2) is 4.79 Å². The standard InChI is InChI=1S/C15H27NO3/c1-12-3-4-14(13(2)9-12)11-19-15(17)10-16-5-7-18-8-6-16/h12-14H,3-11H2,1-2H3/p+1/t12-,13-,14+/m1/s1. The fourth-order valence-corrected chi connectivity index (χ4v) is 3.27. The number of carbonyl (C=O) groups excluding carboxylic acids is 1. The maximum absolute atomic E-state index is 11.8. The highest BCUT2D eigenvalue weighted by molar-refractivity contribution is 5.70. The van der Waals surface area contributed by atoms with Gasteiger partial charge in [0.25, 0.3) is 0 Å². The quantitative estimate of drug-likeness (QED) is 0.757. The molecule has 2 aliphatic rings. The second-order valence-electron chi connectivity index (χ2n) is 6.38. The van der Waals surface area contributed by atoms with Crippen LogP contribution in [0.4, 0.5) is 0 Å². The Balaban J connectivity index is 1.65. The Labute approximate surface area is 116 Å². The molecular weight excluding hydrogens is 242 g/mol. The zero-order chi connectivity index (χ0) is 13.7. The summed E-state index contributed by atoms with van der Waals surface area (Å²) < 4.78 is 10.8. The molecule has 0 unspecified atom stereocenters. The van der Waals surface area contributed by atoms with Gasteiger partial charge >= 0.3 is 5.97 Å². The van der Waals surface area contributed by atoms with Crippen LogP contribution in [0.2, 0.25) is 0 Å². The van der Waals surface area contributed by atoms with Crippen LogP contribution in [-0.4, -0.2) is 45.4 Å². The Morgan fingerprint density at radius 1 is 1.26 bits per heavy atom. The number of quaternary nitrogens is 1. The molecule has 0 aromatic heterocycles. The van der Waals surface area contributed by atoms with Crippen molar-refractivity contribution in [3.8, 4) is 0 Å². The maximum Gasteiger partial charge on any atom is 0.361 e. The van der Waals surface area contributed by atoms with Gasteiger partial charge in [0.05, 0.1) is 19.8 Å². The molecular formula is C15H28NO3+. The van der Waals surface area contributed by atoms with Gasteiger partial charge in [-0.3, -0.25) is 0 Å². The van der Waals surface area contributed by atoms with Crippen LogP contribution in [-0.2, 0) is 14.3 Å². The average molecular weight is 270 g/mol. The van der Waals surface area contributed by atoms with Crippen LogP contribution >= 0.6 is 0 Å². The second kappa shape index (κ2) is 7.25. The molecule has 2 fully saturated rings. The summed E-state index contributed by atoms with van der Waals surface area (Å²) in [5, 5.41) is 0. The summed E-state index contributed by atoms with van der Waals surface area (Å²) in [6.07, 6.45) is 3.76. The number of nitrogens with one attached hydrogen (secondary N) is 1. The topological polar surface area (TPSA) is 40.0 Å². The highest BCUT2D eigenvalue weighted by Gasteiger charge is 2.27. The average Bonchev–Trinajstić information content (AvgIpc) is 2.39. The molecule has 0 amide bonds. The summed E-state index contributed by atoms with van der Waals surface area (Å²) in [4.78, 5) is 13.1. The zero-order valence-electron chi connectivity index (χ0n) is 12.3. The molecule has 1 aliphatic carbocycles. The first-order valence-electron chi connectivity index (χ1n) is 7.72. The number of morpholine rings is 1. The molecule has 0 aromatic rings. The Kier molecular flexibility index (Phi) is 5.64. The van der Waals surface area contributed by atoms with Crippen LogP contribution in [0, 0.1) is 17.8 Å². The molecule has 110 valence electrons. The van der Waals surface area contributed by atoms with Crippen LogP contribution in [0.3, 0.4) is 0 Å². The van der Waals surface area contributed by atoms with Crippen molar-refractivity contribution in [3.63, 3.8) is 0 Å². The summed E-state index contributed by atoms with van der Waals surface area (Å²) in [6.45, 7) is 9.11. The number of carbonyl (C=O) groups is 1. The Hall–Kier alpha value is -0.610. The van der Waals surface area contributed by atoms with Crippen molar-refractivity contribution < 1.29 is 19.2 Å². The van der Waals surface area contributed by atoms with Crippen molar-refractivity contribution in [3.05, 3.63) is 0 Å². The van der Waals surface area contributed by atoms with E-state index in [1.807, 2.05) is 0 Å². The lowest BCUT2D eigenvalue weighted by Gasteiger charge is -2.32. The first-order chi connectivity index (χ1) is 9.15. The molecule has 4 heteroatoms. The molecule has 2 rings (SSSR count). The van der Waals surface area contributed by atoms with E-state index in [9.17, 15) is 4.79 Å². The van der Waals surface area contributed by atoms with Gasteiger partial charge < -0.3 is 14.4 Å². The van der Waals surface area contributed by atoms with E-state index in [-0.39, 0.29) is 5.97 Å². The molecule has 0 aromatic carbocycles. The largest absolute Gasteiger partial charge is 0.461 e. The van der Waals surface area contributed by atoms with E-state index < -0.39 is 0 Å². The second-order valence-corrected chi connectivity index (χ2v) is 6.38. The van der Waals surface area contributed by atoms with Gasteiger partial charge in [0.15, 0.2) is 6.54 Å². The van der Waals surface area contributed by atoms with E-state index in [2.05, 4.69) is 13.8 Å². The maximum atomic E-state index is 11.8. The summed E-state index contributed by atoms with van der Waals surface area (Å²) >= 11 is 0. The molecule has 1 saturated carbocycles. The molecule has 1 heterocycles. The third-order valence-electron chi connectivity index (χ3n) is 4.66. The third-order valence-corrected chi connectivity index (χ3v) is 4.66. The smallest absolute Gasteiger partial charge is 0.361 e. The van der Waals surface area contributed by atoms with Crippen LogP contribution in [0.1, 0.15) is 33.1 Å². The lowest BCUT2D eigenvalue weighted by molar-refractivity contribution is -0.900. The van der Waals surface area contributed by atoms with Crippen LogP contribution in [0.25, 0.3) is 0 Å². The molecule has 1 aliphatic heterocycles. The van der Waals surface area contributed by atoms with Crippen molar-refractivity contribution >= 4 is 5.97 Å². The molecule has 19 heavy (non-hydrogen) atoms. The SMILES string of the molecule is C[C@@H]1CC[C@@H](COC(=O)C[NH+]2CCOCC2)[C@H](C)C1. The number of ether oxygens (including phenoxy) is 2. The first kappa shape index (κ1) is 14.8. The van der Waals surface area contributed by atoms with Crippen LogP contribution < -0.4 is 4.90 Å². The van der Waals surface area contributed by atoms with Crippen LogP contribution in [0.15, 0.2) is 0 Å². The Morgan fingerprint density at radius 3 is 2.68 bits per heavy atom. The van der Waals surface area contributed by atoms with Gasteiger partial charge in [0.2, 0.25) is 0 Å². The van der Waals surface area contributed by atoms with Gasteiger partial charge in [0.1, 0.15) is 13.1 Å². The molecule has 4 nitrogen and oxygen atoms in total. The van der Waals surface area contributed by atoms with E-state index in [1.165, 1.54) is 24.2 Å². The Bertz CT molecular complexity index is 289. The normalized spacial score (nSPS) is 33.1. The lowest BCUT2D eigenvalue weighted by Crippen LogP contribution is -3.15. The van der Waals surface area contributed by atoms with E-state index in [1.54, 1.807) is 0 Å².